The van der Waals surface area contributed by atoms with Crippen molar-refractivity contribution < 1.29 is 24.5 Å². The molecule has 1 unspecified atom stereocenters. The van der Waals surface area contributed by atoms with Gasteiger partial charge in [-0.1, -0.05) is 59.0 Å². The van der Waals surface area contributed by atoms with Crippen molar-refractivity contribution in [3.8, 4) is 11.5 Å². The minimum Gasteiger partial charge on any atom is -0.505 e. The van der Waals surface area contributed by atoms with Crippen LogP contribution >= 0.6 is 50.6 Å². The molecule has 0 saturated carbocycles. The number of methoxy groups -OCH3 is 1. The summed E-state index contributed by atoms with van der Waals surface area (Å²) in [6.07, 6.45) is 1.71. The van der Waals surface area contributed by atoms with Crippen LogP contribution in [0, 0.1) is 6.92 Å². The number of ether oxygens (including phenoxy) is 1. The fourth-order valence-electron chi connectivity index (χ4n) is 4.89. The average molecular weight is 699 g/mol. The smallest absolute Gasteiger partial charge is 0.301 e. The molecule has 43 heavy (non-hydrogen) atoms. The van der Waals surface area contributed by atoms with Crippen LogP contribution in [-0.2, 0) is 15.3 Å². The van der Waals surface area contributed by atoms with Crippen LogP contribution in [0.2, 0.25) is 5.02 Å². The molecule has 1 saturated heterocycles. The van der Waals surface area contributed by atoms with E-state index in [1.807, 2.05) is 24.3 Å². The van der Waals surface area contributed by atoms with Crippen molar-refractivity contribution in [2.75, 3.05) is 12.0 Å². The van der Waals surface area contributed by atoms with E-state index in [-0.39, 0.29) is 32.4 Å². The lowest BCUT2D eigenvalue weighted by Crippen LogP contribution is -2.29. The summed E-state index contributed by atoms with van der Waals surface area (Å²) in [6, 6.07) is 14.7. The van der Waals surface area contributed by atoms with Crippen LogP contribution in [0.25, 0.3) is 11.4 Å². The maximum absolute atomic E-state index is 13.7. The number of anilines is 1. The molecule has 0 bridgehead atoms. The number of hydrogen-bond donors (Lipinski definition) is 2. The molecule has 1 amide bonds. The summed E-state index contributed by atoms with van der Waals surface area (Å²) in [5, 5.41) is 31.5. The molecule has 0 aliphatic carbocycles. The molecular weight excluding hydrogens is 678 g/mol. The number of ketones is 1. The number of halogens is 2. The number of rotatable bonds is 7. The molecule has 3 aromatic heterocycles. The van der Waals surface area contributed by atoms with E-state index in [0.717, 1.165) is 16.9 Å². The van der Waals surface area contributed by atoms with Gasteiger partial charge in [0, 0.05) is 17.0 Å². The number of aromatic hydroxyl groups is 1. The first-order valence-electron chi connectivity index (χ1n) is 12.7. The van der Waals surface area contributed by atoms with Gasteiger partial charge < -0.3 is 14.9 Å². The molecule has 2 N–H and O–H groups in total. The van der Waals surface area contributed by atoms with E-state index in [9.17, 15) is 19.8 Å². The zero-order chi connectivity index (χ0) is 30.4. The van der Waals surface area contributed by atoms with Gasteiger partial charge in [-0.25, -0.2) is 4.98 Å². The molecular formula is C29H21BrClN5O5S2. The fraction of sp³-hybridized carbons (Fsp3) is 0.138. The van der Waals surface area contributed by atoms with Crippen LogP contribution < -0.4 is 9.64 Å². The van der Waals surface area contributed by atoms with E-state index in [4.69, 9.17) is 16.3 Å². The van der Waals surface area contributed by atoms with Gasteiger partial charge in [0.25, 0.3) is 5.78 Å². The first-order chi connectivity index (χ1) is 20.7. The van der Waals surface area contributed by atoms with Crippen molar-refractivity contribution in [1.82, 2.24) is 19.6 Å². The topological polar surface area (TPSA) is 130 Å². The number of phenolic OH excluding ortho intramolecular Hbond substituents is 1. The molecule has 0 radical (unpaired) electrons. The Balaban J connectivity index is 1.49. The highest BCUT2D eigenvalue weighted by Crippen LogP contribution is 2.47. The molecule has 1 aliphatic rings. The Morgan fingerprint density at radius 1 is 1.16 bits per heavy atom. The number of fused-ring (bicyclic) bond motifs is 1. The number of phenols is 1. The minimum atomic E-state index is -1.13. The average Bonchev–Trinajstić information content (AvgIpc) is 3.67. The van der Waals surface area contributed by atoms with Crippen LogP contribution in [0.3, 0.4) is 0 Å². The number of thioether (sulfide) groups is 1. The third-order valence-electron chi connectivity index (χ3n) is 6.87. The van der Waals surface area contributed by atoms with Crippen LogP contribution in [0.15, 0.2) is 75.2 Å². The van der Waals surface area contributed by atoms with Crippen LogP contribution in [0.1, 0.15) is 28.6 Å². The number of aliphatic hydroxyl groups is 1. The summed E-state index contributed by atoms with van der Waals surface area (Å²) in [7, 11) is 1.39. The lowest BCUT2D eigenvalue weighted by molar-refractivity contribution is -0.132. The zero-order valence-electron chi connectivity index (χ0n) is 22.5. The number of benzene rings is 2. The van der Waals surface area contributed by atoms with Gasteiger partial charge in [0.2, 0.25) is 5.13 Å². The number of carbonyl (C=O) groups is 2. The number of pyridine rings is 1. The number of amides is 1. The molecule has 1 aliphatic heterocycles. The summed E-state index contributed by atoms with van der Waals surface area (Å²) >= 11 is 12.2. The van der Waals surface area contributed by atoms with Gasteiger partial charge in [0.15, 0.2) is 21.6 Å². The van der Waals surface area contributed by atoms with Gasteiger partial charge in [-0.15, -0.1) is 10.2 Å². The fourth-order valence-corrected chi connectivity index (χ4v) is 7.50. The predicted molar refractivity (Wildman–Crippen MR) is 168 cm³/mol. The Kier molecular flexibility index (Phi) is 7.90. The summed E-state index contributed by atoms with van der Waals surface area (Å²) in [5.41, 5.74) is 2.43. The molecule has 14 heteroatoms. The summed E-state index contributed by atoms with van der Waals surface area (Å²) in [6.45, 7) is 1.71. The molecule has 1 atom stereocenters. The second-order valence-electron chi connectivity index (χ2n) is 9.43. The highest BCUT2D eigenvalue weighted by atomic mass is 79.9. The van der Waals surface area contributed by atoms with E-state index in [2.05, 4.69) is 31.1 Å². The third kappa shape index (κ3) is 5.16. The summed E-state index contributed by atoms with van der Waals surface area (Å²) in [5.74, 6) is -1.73. The lowest BCUT2D eigenvalue weighted by Gasteiger charge is -2.23. The number of aliphatic hydroxyl groups excluding tert-OH is 1. The standard InChI is InChI=1S/C29H21BrClN5O5S2/c1-14-22(35-10-6-5-9-20(35)32-14)25(38)21-23(16-11-17(30)24(37)19(12-16)41-2)36(27(40)26(21)39)28-33-34-29(43-28)42-13-15-7-3-4-8-18(15)31/h3-12,23,37-38H,13H2,1-2H3. The van der Waals surface area contributed by atoms with Crippen molar-refractivity contribution in [3.63, 3.8) is 0 Å². The molecule has 218 valence electrons. The highest BCUT2D eigenvalue weighted by molar-refractivity contribution is 9.10. The second-order valence-corrected chi connectivity index (χ2v) is 12.9. The van der Waals surface area contributed by atoms with Gasteiger partial charge in [0.1, 0.15) is 11.3 Å². The third-order valence-corrected chi connectivity index (χ3v) is 9.95. The van der Waals surface area contributed by atoms with Crippen molar-refractivity contribution in [2.24, 2.45) is 0 Å². The monoisotopic (exact) mass is 697 g/mol. The normalized spacial score (nSPS) is 16.4. The van der Waals surface area contributed by atoms with Gasteiger partial charge >= 0.3 is 5.91 Å². The molecule has 2 aromatic carbocycles. The Hall–Kier alpha value is -3.91. The van der Waals surface area contributed by atoms with E-state index >= 15 is 0 Å². The zero-order valence-corrected chi connectivity index (χ0v) is 26.5. The molecule has 6 rings (SSSR count). The van der Waals surface area contributed by atoms with Gasteiger partial charge in [0.05, 0.1) is 28.9 Å². The Bertz CT molecular complexity index is 1960. The predicted octanol–water partition coefficient (Wildman–Crippen LogP) is 6.54. The summed E-state index contributed by atoms with van der Waals surface area (Å²) in [4.78, 5) is 33.1. The molecule has 10 nitrogen and oxygen atoms in total. The Morgan fingerprint density at radius 2 is 1.93 bits per heavy atom. The van der Waals surface area contributed by atoms with Crippen molar-refractivity contribution in [3.05, 3.63) is 98.4 Å². The van der Waals surface area contributed by atoms with E-state index < -0.39 is 23.5 Å². The van der Waals surface area contributed by atoms with Gasteiger partial charge in [-0.3, -0.25) is 18.9 Å². The van der Waals surface area contributed by atoms with Crippen LogP contribution in [-0.4, -0.2) is 48.6 Å². The molecule has 0 spiro atoms. The van der Waals surface area contributed by atoms with Gasteiger partial charge in [-0.05, 0) is 64.3 Å². The number of carbonyl (C=O) groups excluding carboxylic acids is 2. The maximum atomic E-state index is 13.7. The lowest BCUT2D eigenvalue weighted by atomic mass is 9.96. The molecule has 4 heterocycles. The quantitative estimate of drug-likeness (QED) is 0.0640. The van der Waals surface area contributed by atoms with E-state index in [1.165, 1.54) is 29.8 Å². The van der Waals surface area contributed by atoms with E-state index in [1.54, 1.807) is 41.8 Å². The SMILES string of the molecule is COc1cc(C2C(=C(O)c3c(C)nc4ccccn34)C(=O)C(=O)N2c2nnc(SCc3ccccc3Cl)s2)cc(Br)c1O. The number of aryl methyl sites for hydroxylation is 1. The number of imidazole rings is 1. The Morgan fingerprint density at radius 3 is 2.70 bits per heavy atom. The number of aromatic nitrogens is 4. The first kappa shape index (κ1) is 29.2. The number of nitrogens with zero attached hydrogens (tertiary/aromatic N) is 5. The Labute approximate surface area is 266 Å². The van der Waals surface area contributed by atoms with Crippen molar-refractivity contribution in [1.29, 1.82) is 0 Å². The summed E-state index contributed by atoms with van der Waals surface area (Å²) < 4.78 is 7.83. The molecule has 5 aromatic rings. The van der Waals surface area contributed by atoms with Crippen LogP contribution in [0.5, 0.6) is 11.5 Å². The second kappa shape index (κ2) is 11.6. The number of Topliss-reactive ketones (excluding diaryl/α,β-unsaturated/α-hetero) is 1. The van der Waals surface area contributed by atoms with Crippen molar-refractivity contribution >= 4 is 78.9 Å². The number of hydrogen-bond acceptors (Lipinski definition) is 10. The largest absolute Gasteiger partial charge is 0.505 e. The maximum Gasteiger partial charge on any atom is 0.301 e. The highest BCUT2D eigenvalue weighted by Gasteiger charge is 2.49. The van der Waals surface area contributed by atoms with Crippen LogP contribution in [0.4, 0.5) is 5.13 Å². The van der Waals surface area contributed by atoms with Crippen molar-refractivity contribution in [2.45, 2.75) is 23.1 Å². The molecule has 1 fully saturated rings. The van der Waals surface area contributed by atoms with Gasteiger partial charge in [-0.2, -0.15) is 0 Å². The first-order valence-corrected chi connectivity index (χ1v) is 15.7. The minimum absolute atomic E-state index is 0.106. The van der Waals surface area contributed by atoms with E-state index in [0.29, 0.717) is 32.0 Å².